The average molecular weight is 559 g/mol. The van der Waals surface area contributed by atoms with Gasteiger partial charge in [-0.25, -0.2) is 9.69 Å². The molecular formula is C30H46N2O6Si. The van der Waals surface area contributed by atoms with Gasteiger partial charge in [0.2, 0.25) is 0 Å². The molecule has 3 aliphatic rings. The van der Waals surface area contributed by atoms with Gasteiger partial charge in [-0.3, -0.25) is 4.79 Å². The summed E-state index contributed by atoms with van der Waals surface area (Å²) in [5.74, 6) is -0.0962. The first kappa shape index (κ1) is 29.8. The first-order valence-corrected chi connectivity index (χ1v) is 17.2. The highest BCUT2D eigenvalue weighted by molar-refractivity contribution is 6.74. The van der Waals surface area contributed by atoms with Crippen molar-refractivity contribution in [1.82, 2.24) is 4.90 Å². The zero-order valence-electron chi connectivity index (χ0n) is 24.7. The summed E-state index contributed by atoms with van der Waals surface area (Å²) in [4.78, 5) is 31.3. The molecule has 4 atom stereocenters. The standard InChI is InChI=1S/C30H46N2O6Si/c1-9-15-36-29(34)32-24-18-21(3)20(2)17-23(24)27(33)31-14-13-22(38-39(7,8)30(4,5)6)19-25(31)28(32)37-26-12-10-11-16-35-26/h9,17-18,22,25-26,28H,1,10-16,19H2,2-8H3/t22-,25+,26?,28?/m1/s1. The Balaban J connectivity index is 1.79. The van der Waals surface area contributed by atoms with Crippen LogP contribution in [0.15, 0.2) is 24.8 Å². The smallest absolute Gasteiger partial charge is 0.416 e. The Kier molecular flexibility index (Phi) is 8.95. The van der Waals surface area contributed by atoms with Crippen molar-refractivity contribution in [1.29, 1.82) is 0 Å². The summed E-state index contributed by atoms with van der Waals surface area (Å²) >= 11 is 0. The van der Waals surface area contributed by atoms with Gasteiger partial charge in [-0.15, -0.1) is 0 Å². The van der Waals surface area contributed by atoms with Crippen molar-refractivity contribution in [2.24, 2.45) is 0 Å². The molecule has 3 heterocycles. The minimum absolute atomic E-state index is 0.0472. The van der Waals surface area contributed by atoms with Crippen LogP contribution in [0.1, 0.15) is 74.4 Å². The molecule has 1 aromatic rings. The van der Waals surface area contributed by atoms with Crippen molar-refractivity contribution in [3.05, 3.63) is 41.5 Å². The molecule has 2 fully saturated rings. The highest BCUT2D eigenvalue weighted by Gasteiger charge is 2.49. The Bertz CT molecular complexity index is 1080. The molecule has 9 heteroatoms. The summed E-state index contributed by atoms with van der Waals surface area (Å²) in [7, 11) is -2.06. The van der Waals surface area contributed by atoms with E-state index in [1.165, 1.54) is 6.08 Å². The van der Waals surface area contributed by atoms with Gasteiger partial charge < -0.3 is 23.5 Å². The lowest BCUT2D eigenvalue weighted by molar-refractivity contribution is -0.200. The first-order valence-electron chi connectivity index (χ1n) is 14.3. The van der Waals surface area contributed by atoms with Crippen LogP contribution in [0.5, 0.6) is 0 Å². The van der Waals surface area contributed by atoms with E-state index >= 15 is 0 Å². The third-order valence-corrected chi connectivity index (χ3v) is 13.3. The number of benzene rings is 1. The molecule has 0 radical (unpaired) electrons. The van der Waals surface area contributed by atoms with Crippen molar-refractivity contribution in [3.63, 3.8) is 0 Å². The SMILES string of the molecule is C=CCOC(=O)N1c2cc(C)c(C)cc2C(=O)N2CC[C@@H](O[Si](C)(C)C(C)(C)C)C[C@H]2C1OC1CCCCO1. The number of fused-ring (bicyclic) bond motifs is 2. The molecule has 2 saturated heterocycles. The zero-order valence-corrected chi connectivity index (χ0v) is 25.7. The Morgan fingerprint density at radius 1 is 1.18 bits per heavy atom. The third-order valence-electron chi connectivity index (χ3n) is 8.76. The van der Waals surface area contributed by atoms with Crippen LogP contribution in [0, 0.1) is 13.8 Å². The van der Waals surface area contributed by atoms with Crippen LogP contribution >= 0.6 is 0 Å². The van der Waals surface area contributed by atoms with Gasteiger partial charge in [-0.05, 0) is 87.3 Å². The van der Waals surface area contributed by atoms with Crippen molar-refractivity contribution >= 4 is 26.0 Å². The van der Waals surface area contributed by atoms with Crippen LogP contribution in [0.2, 0.25) is 18.1 Å². The monoisotopic (exact) mass is 558 g/mol. The summed E-state index contributed by atoms with van der Waals surface area (Å²) in [5.41, 5.74) is 2.96. The molecule has 4 rings (SSSR count). The van der Waals surface area contributed by atoms with E-state index in [1.54, 1.807) is 4.90 Å². The average Bonchev–Trinajstić information content (AvgIpc) is 2.96. The Labute approximate surface area is 234 Å². The van der Waals surface area contributed by atoms with Crippen molar-refractivity contribution in [2.45, 2.75) is 110 Å². The Hall–Kier alpha value is -2.20. The fourth-order valence-corrected chi connectivity index (χ4v) is 6.75. The van der Waals surface area contributed by atoms with Gasteiger partial charge >= 0.3 is 6.09 Å². The molecule has 0 spiro atoms. The number of nitrogens with zero attached hydrogens (tertiary/aromatic N) is 2. The van der Waals surface area contributed by atoms with E-state index in [-0.39, 0.29) is 23.7 Å². The molecular weight excluding hydrogens is 512 g/mol. The van der Waals surface area contributed by atoms with Crippen molar-refractivity contribution in [2.75, 3.05) is 24.7 Å². The summed E-state index contributed by atoms with van der Waals surface area (Å²) in [6, 6.07) is 3.36. The van der Waals surface area contributed by atoms with Gasteiger partial charge in [0.1, 0.15) is 6.61 Å². The summed E-state index contributed by atoms with van der Waals surface area (Å²) in [5, 5.41) is 0.0566. The second kappa shape index (κ2) is 11.7. The molecule has 0 bridgehead atoms. The number of carbonyl (C=O) groups is 2. The van der Waals surface area contributed by atoms with E-state index in [2.05, 4.69) is 40.4 Å². The zero-order chi connectivity index (χ0) is 28.5. The number of anilines is 1. The summed E-state index contributed by atoms with van der Waals surface area (Å²) in [6.07, 6.45) is 3.67. The third kappa shape index (κ3) is 6.26. The van der Waals surface area contributed by atoms with Crippen LogP contribution < -0.4 is 4.90 Å². The number of ether oxygens (including phenoxy) is 3. The van der Waals surface area contributed by atoms with Crippen LogP contribution in [0.25, 0.3) is 0 Å². The van der Waals surface area contributed by atoms with Crippen LogP contribution in [-0.4, -0.2) is 69.6 Å². The van der Waals surface area contributed by atoms with E-state index in [0.717, 1.165) is 36.8 Å². The fraction of sp³-hybridized carbons (Fsp3) is 0.667. The van der Waals surface area contributed by atoms with Gasteiger partial charge in [0.05, 0.1) is 17.3 Å². The van der Waals surface area contributed by atoms with Gasteiger partial charge in [0, 0.05) is 19.3 Å². The van der Waals surface area contributed by atoms with Gasteiger partial charge in [-0.2, -0.15) is 0 Å². The number of piperidine rings is 1. The molecule has 0 N–H and O–H groups in total. The maximum absolute atomic E-state index is 14.1. The first-order chi connectivity index (χ1) is 18.3. The highest BCUT2D eigenvalue weighted by atomic mass is 28.4. The van der Waals surface area contributed by atoms with Crippen LogP contribution in [0.3, 0.4) is 0 Å². The molecule has 0 saturated carbocycles. The number of hydrogen-bond donors (Lipinski definition) is 0. The molecule has 39 heavy (non-hydrogen) atoms. The van der Waals surface area contributed by atoms with E-state index < -0.39 is 33.0 Å². The van der Waals surface area contributed by atoms with Crippen molar-refractivity contribution in [3.8, 4) is 0 Å². The molecule has 8 nitrogen and oxygen atoms in total. The summed E-state index contributed by atoms with van der Waals surface area (Å²) < 4.78 is 25.1. The topological polar surface area (TPSA) is 77.5 Å². The molecule has 216 valence electrons. The number of hydrogen-bond acceptors (Lipinski definition) is 6. The largest absolute Gasteiger partial charge is 0.445 e. The minimum Gasteiger partial charge on any atom is -0.445 e. The number of aryl methyl sites for hydroxylation is 2. The number of rotatable bonds is 6. The predicted octanol–water partition coefficient (Wildman–Crippen LogP) is 6.31. The van der Waals surface area contributed by atoms with Gasteiger partial charge in [0.25, 0.3) is 5.91 Å². The second-order valence-corrected chi connectivity index (χ2v) is 17.4. The van der Waals surface area contributed by atoms with E-state index in [0.29, 0.717) is 30.8 Å². The van der Waals surface area contributed by atoms with E-state index in [1.807, 2.05) is 30.9 Å². The lowest BCUT2D eigenvalue weighted by Gasteiger charge is -2.47. The lowest BCUT2D eigenvalue weighted by atomic mass is 9.97. The predicted molar refractivity (Wildman–Crippen MR) is 155 cm³/mol. The quantitative estimate of drug-likeness (QED) is 0.301. The summed E-state index contributed by atoms with van der Waals surface area (Å²) in [6.45, 7) is 20.0. The van der Waals surface area contributed by atoms with E-state index in [9.17, 15) is 9.59 Å². The molecule has 0 aromatic heterocycles. The van der Waals surface area contributed by atoms with Crippen LogP contribution in [-0.2, 0) is 18.6 Å². The molecule has 2 amide bonds. The Morgan fingerprint density at radius 3 is 2.54 bits per heavy atom. The molecule has 2 unspecified atom stereocenters. The molecule has 1 aromatic carbocycles. The fourth-order valence-electron chi connectivity index (χ4n) is 5.35. The van der Waals surface area contributed by atoms with E-state index in [4.69, 9.17) is 18.6 Å². The lowest BCUT2D eigenvalue weighted by Crippen LogP contribution is -2.60. The maximum atomic E-state index is 14.1. The highest BCUT2D eigenvalue weighted by Crippen LogP contribution is 2.42. The van der Waals surface area contributed by atoms with Crippen molar-refractivity contribution < 1.29 is 28.2 Å². The maximum Gasteiger partial charge on any atom is 0.416 e. The second-order valence-electron chi connectivity index (χ2n) is 12.6. The van der Waals surface area contributed by atoms with Gasteiger partial charge in [0.15, 0.2) is 20.8 Å². The van der Waals surface area contributed by atoms with Crippen LogP contribution in [0.4, 0.5) is 10.5 Å². The Morgan fingerprint density at radius 2 is 1.90 bits per heavy atom. The minimum atomic E-state index is -2.06. The van der Waals surface area contributed by atoms with Gasteiger partial charge in [-0.1, -0.05) is 33.4 Å². The molecule has 0 aliphatic carbocycles. The number of carbonyl (C=O) groups excluding carboxylic acids is 2. The number of amides is 2. The molecule has 3 aliphatic heterocycles. The normalized spacial score (nSPS) is 26.0.